The van der Waals surface area contributed by atoms with Gasteiger partial charge in [-0.05, 0) is 81.0 Å². The fourth-order valence-corrected chi connectivity index (χ4v) is 7.13. The Balaban J connectivity index is 1.24. The number of fused-ring (bicyclic) bond motifs is 1. The number of amides is 1. The molecule has 1 N–H and O–H groups in total. The number of likely N-dealkylation sites (tertiary alicyclic amines) is 1. The Hall–Kier alpha value is -2.16. The molecule has 9 heteroatoms. The summed E-state index contributed by atoms with van der Waals surface area (Å²) in [6.07, 6.45) is 2.28. The highest BCUT2D eigenvalue weighted by atomic mass is 19.4. The molecule has 2 saturated carbocycles. The number of aromatic nitrogens is 1. The first-order valence-electron chi connectivity index (χ1n) is 13.3. The Labute approximate surface area is 210 Å². The quantitative estimate of drug-likeness (QED) is 0.630. The van der Waals surface area contributed by atoms with Crippen LogP contribution < -0.4 is 0 Å². The number of carbonyl (C=O) groups excluding carboxylic acids is 1. The molecular weight excluding hydrogens is 471 g/mol. The van der Waals surface area contributed by atoms with Gasteiger partial charge in [0.2, 0.25) is 5.91 Å². The van der Waals surface area contributed by atoms with Gasteiger partial charge in [-0.25, -0.2) is 0 Å². The van der Waals surface area contributed by atoms with Crippen molar-refractivity contribution in [2.24, 2.45) is 29.1 Å². The second-order valence-corrected chi connectivity index (χ2v) is 11.7. The van der Waals surface area contributed by atoms with Crippen molar-refractivity contribution in [1.82, 2.24) is 14.8 Å². The van der Waals surface area contributed by atoms with Crippen molar-refractivity contribution in [2.75, 3.05) is 19.6 Å². The molecule has 4 aliphatic rings. The average Bonchev–Trinajstić information content (AvgIpc) is 3.53. The Morgan fingerprint density at radius 2 is 1.89 bits per heavy atom. The molecule has 1 amide bonds. The third kappa shape index (κ3) is 4.63. The van der Waals surface area contributed by atoms with Crippen LogP contribution in [-0.2, 0) is 28.7 Å². The van der Waals surface area contributed by atoms with Gasteiger partial charge in [0.25, 0.3) is 0 Å². The van der Waals surface area contributed by atoms with E-state index in [-0.39, 0.29) is 24.3 Å². The second kappa shape index (κ2) is 9.30. The lowest BCUT2D eigenvalue weighted by atomic mass is 9.73. The fourth-order valence-electron chi connectivity index (χ4n) is 7.13. The molecule has 36 heavy (non-hydrogen) atoms. The van der Waals surface area contributed by atoms with Crippen LogP contribution in [0.4, 0.5) is 13.2 Å². The van der Waals surface area contributed by atoms with Crippen molar-refractivity contribution in [2.45, 2.75) is 77.6 Å². The van der Waals surface area contributed by atoms with Crippen molar-refractivity contribution in [3.8, 4) is 0 Å². The van der Waals surface area contributed by atoms with Gasteiger partial charge in [-0.1, -0.05) is 13.8 Å². The number of aliphatic carboxylic acids is 1. The maximum Gasteiger partial charge on any atom is 0.417 e. The van der Waals surface area contributed by atoms with Crippen LogP contribution in [0.25, 0.3) is 0 Å². The molecule has 3 unspecified atom stereocenters. The third-order valence-electron chi connectivity index (χ3n) is 9.56. The molecule has 6 nitrogen and oxygen atoms in total. The largest absolute Gasteiger partial charge is 0.481 e. The van der Waals surface area contributed by atoms with Gasteiger partial charge >= 0.3 is 12.1 Å². The predicted octanol–water partition coefficient (Wildman–Crippen LogP) is 4.61. The van der Waals surface area contributed by atoms with Gasteiger partial charge in [-0.3, -0.25) is 14.6 Å². The lowest BCUT2D eigenvalue weighted by molar-refractivity contribution is -0.146. The normalized spacial score (nSPS) is 31.5. The van der Waals surface area contributed by atoms with Gasteiger partial charge in [-0.2, -0.15) is 13.2 Å². The first-order chi connectivity index (χ1) is 17.0. The van der Waals surface area contributed by atoms with Crippen molar-refractivity contribution < 1.29 is 27.9 Å². The highest BCUT2D eigenvalue weighted by Gasteiger charge is 2.52. The molecule has 5 rings (SSSR count). The van der Waals surface area contributed by atoms with Gasteiger partial charge in [-0.15, -0.1) is 0 Å². The van der Waals surface area contributed by atoms with Crippen LogP contribution in [-0.4, -0.2) is 57.4 Å². The van der Waals surface area contributed by atoms with Gasteiger partial charge < -0.3 is 14.9 Å². The molecule has 3 heterocycles. The SMILES string of the molecule is CC(C)[C@]1(C(=O)N2CCc3ncc(C(F)(F)F)cc3C2)CCC(N2CCC(C3CC3C(=O)O)CC2)C1. The number of hydrogen-bond donors (Lipinski definition) is 1. The first-order valence-corrected chi connectivity index (χ1v) is 13.3. The van der Waals surface area contributed by atoms with E-state index in [9.17, 15) is 27.9 Å². The zero-order valence-electron chi connectivity index (χ0n) is 21.1. The Morgan fingerprint density at radius 1 is 1.17 bits per heavy atom. The van der Waals surface area contributed by atoms with E-state index in [0.717, 1.165) is 63.9 Å². The van der Waals surface area contributed by atoms with E-state index < -0.39 is 23.1 Å². The van der Waals surface area contributed by atoms with Gasteiger partial charge in [0.05, 0.1) is 16.9 Å². The minimum atomic E-state index is -4.45. The maximum absolute atomic E-state index is 13.9. The van der Waals surface area contributed by atoms with Crippen LogP contribution >= 0.6 is 0 Å². The molecule has 0 bridgehead atoms. The average molecular weight is 508 g/mol. The molecule has 2 aliphatic heterocycles. The molecule has 1 aromatic rings. The summed E-state index contributed by atoms with van der Waals surface area (Å²) >= 11 is 0. The minimum absolute atomic E-state index is 0.0697. The van der Waals surface area contributed by atoms with Crippen molar-refractivity contribution in [3.63, 3.8) is 0 Å². The summed E-state index contributed by atoms with van der Waals surface area (Å²) in [7, 11) is 0. The first kappa shape index (κ1) is 25.5. The predicted molar refractivity (Wildman–Crippen MR) is 127 cm³/mol. The summed E-state index contributed by atoms with van der Waals surface area (Å²) in [4.78, 5) is 33.5. The van der Waals surface area contributed by atoms with Gasteiger partial charge in [0.15, 0.2) is 0 Å². The van der Waals surface area contributed by atoms with E-state index >= 15 is 0 Å². The zero-order valence-corrected chi connectivity index (χ0v) is 21.1. The number of halogens is 3. The molecule has 0 aromatic carbocycles. The van der Waals surface area contributed by atoms with E-state index in [1.54, 1.807) is 4.90 Å². The Kier molecular flexibility index (Phi) is 6.58. The molecule has 3 fully saturated rings. The number of carboxylic acids is 1. The van der Waals surface area contributed by atoms with E-state index in [1.165, 1.54) is 0 Å². The van der Waals surface area contributed by atoms with Crippen molar-refractivity contribution >= 4 is 11.9 Å². The molecule has 1 aromatic heterocycles. The van der Waals surface area contributed by atoms with Crippen LogP contribution in [0.2, 0.25) is 0 Å². The van der Waals surface area contributed by atoms with Crippen LogP contribution in [0.15, 0.2) is 12.3 Å². The van der Waals surface area contributed by atoms with Crippen molar-refractivity contribution in [3.05, 3.63) is 29.1 Å². The summed E-state index contributed by atoms with van der Waals surface area (Å²) in [5.74, 6) is 0.208. The van der Waals surface area contributed by atoms with Crippen molar-refractivity contribution in [1.29, 1.82) is 0 Å². The summed E-state index contributed by atoms with van der Waals surface area (Å²) < 4.78 is 39.7. The lowest BCUT2D eigenvalue weighted by Crippen LogP contribution is -2.49. The summed E-state index contributed by atoms with van der Waals surface area (Å²) in [6, 6.07) is 1.47. The molecule has 0 radical (unpaired) electrons. The van der Waals surface area contributed by atoms with Crippen LogP contribution in [0.1, 0.15) is 69.2 Å². The number of carboxylic acid groups (broad SMARTS) is 1. The van der Waals surface area contributed by atoms with E-state index in [4.69, 9.17) is 0 Å². The minimum Gasteiger partial charge on any atom is -0.481 e. The monoisotopic (exact) mass is 507 g/mol. The molecule has 1 saturated heterocycles. The summed E-state index contributed by atoms with van der Waals surface area (Å²) in [5, 5.41) is 9.25. The van der Waals surface area contributed by atoms with Crippen LogP contribution in [0, 0.1) is 29.1 Å². The Bertz CT molecular complexity index is 1020. The zero-order chi connectivity index (χ0) is 25.8. The number of nitrogens with zero attached hydrogens (tertiary/aromatic N) is 3. The maximum atomic E-state index is 13.9. The second-order valence-electron chi connectivity index (χ2n) is 11.7. The third-order valence-corrected chi connectivity index (χ3v) is 9.56. The number of alkyl halides is 3. The fraction of sp³-hybridized carbons (Fsp3) is 0.741. The van der Waals surface area contributed by atoms with Gasteiger partial charge in [0.1, 0.15) is 0 Å². The summed E-state index contributed by atoms with van der Waals surface area (Å²) in [6.45, 7) is 6.75. The van der Waals surface area contributed by atoms with E-state index in [2.05, 4.69) is 23.7 Å². The molecule has 2 aliphatic carbocycles. The van der Waals surface area contributed by atoms with Crippen LogP contribution in [0.3, 0.4) is 0 Å². The number of pyridine rings is 1. The molecular formula is C27H36F3N3O3. The Morgan fingerprint density at radius 3 is 2.50 bits per heavy atom. The van der Waals surface area contributed by atoms with E-state index in [1.807, 2.05) is 0 Å². The lowest BCUT2D eigenvalue weighted by Gasteiger charge is -2.41. The number of carbonyl (C=O) groups is 2. The highest BCUT2D eigenvalue weighted by molar-refractivity contribution is 5.83. The summed E-state index contributed by atoms with van der Waals surface area (Å²) in [5.41, 5.74) is -0.114. The highest BCUT2D eigenvalue weighted by Crippen LogP contribution is 2.51. The smallest absolute Gasteiger partial charge is 0.417 e. The molecule has 4 atom stereocenters. The topological polar surface area (TPSA) is 73.7 Å². The van der Waals surface area contributed by atoms with Crippen LogP contribution in [0.5, 0.6) is 0 Å². The number of rotatable bonds is 5. The molecule has 198 valence electrons. The van der Waals surface area contributed by atoms with Gasteiger partial charge in [0, 0.05) is 37.4 Å². The molecule has 0 spiro atoms. The standard InChI is InChI=1S/C27H36F3N3O3/c1-16(2)26(25(36)33-10-6-23-18(15-33)11-19(14-31-23)27(28,29)30)7-3-20(13-26)32-8-4-17(5-9-32)21-12-22(21)24(34)35/h11,14,16-17,20-22H,3-10,12-13,15H2,1-2H3,(H,34,35)/t20?,21?,22?,26-/m0/s1. The number of hydrogen-bond acceptors (Lipinski definition) is 4. The van der Waals surface area contributed by atoms with E-state index in [0.29, 0.717) is 42.1 Å². The number of piperidine rings is 1.